The van der Waals surface area contributed by atoms with Gasteiger partial charge in [0.1, 0.15) is 0 Å². The number of H-pyrrole nitrogens is 2. The Balaban J connectivity index is 2.25. The van der Waals surface area contributed by atoms with Gasteiger partial charge in [-0.05, 0) is 30.4 Å². The van der Waals surface area contributed by atoms with E-state index in [1.165, 1.54) is 10.4 Å². The molecule has 0 unspecified atom stereocenters. The van der Waals surface area contributed by atoms with Crippen LogP contribution in [-0.2, 0) is 12.8 Å². The fourth-order valence-corrected chi connectivity index (χ4v) is 2.55. The molecule has 15 heavy (non-hydrogen) atoms. The van der Waals surface area contributed by atoms with E-state index in [1.807, 2.05) is 6.92 Å². The summed E-state index contributed by atoms with van der Waals surface area (Å²) in [4.78, 5) is 12.7. The lowest BCUT2D eigenvalue weighted by atomic mass is 10.1. The average molecular weight is 222 g/mol. The van der Waals surface area contributed by atoms with Gasteiger partial charge in [0.2, 0.25) is 0 Å². The maximum absolute atomic E-state index is 11.4. The van der Waals surface area contributed by atoms with Gasteiger partial charge in [0.05, 0.1) is 0 Å². The average Bonchev–Trinajstić information content (AvgIpc) is 2.80. The minimum Gasteiger partial charge on any atom is -0.302 e. The molecule has 0 bridgehead atoms. The molecule has 2 aromatic rings. The number of hydrogen-bond acceptors (Lipinski definition) is 2. The topological polar surface area (TPSA) is 48.6 Å². The molecular formula is C11H14N2OS. The summed E-state index contributed by atoms with van der Waals surface area (Å²) >= 11 is 1.72. The highest BCUT2D eigenvalue weighted by Gasteiger charge is 2.08. The molecule has 3 nitrogen and oxygen atoms in total. The molecule has 0 saturated carbocycles. The summed E-state index contributed by atoms with van der Waals surface area (Å²) < 4.78 is 0. The molecule has 0 aliphatic heterocycles. The molecular weight excluding hydrogens is 208 g/mol. The van der Waals surface area contributed by atoms with Gasteiger partial charge in [0.25, 0.3) is 5.56 Å². The van der Waals surface area contributed by atoms with Crippen LogP contribution in [0, 0.1) is 6.92 Å². The molecule has 80 valence electrons. The molecule has 0 aliphatic carbocycles. The summed E-state index contributed by atoms with van der Waals surface area (Å²) in [5.74, 6) is 0. The standard InChI is InChI=1S/C11H14N2OS/c1-3-8-4-9(15-6-8)5-10-7(2)12-13-11(10)14/h4,6H,3,5H2,1-2H3,(H2,12,13,14). The van der Waals surface area contributed by atoms with Gasteiger partial charge < -0.3 is 5.10 Å². The van der Waals surface area contributed by atoms with Crippen molar-refractivity contribution in [1.82, 2.24) is 10.2 Å². The zero-order valence-electron chi connectivity index (χ0n) is 8.89. The molecule has 0 aromatic carbocycles. The molecule has 0 radical (unpaired) electrons. The van der Waals surface area contributed by atoms with Crippen LogP contribution in [0.2, 0.25) is 0 Å². The first-order valence-electron chi connectivity index (χ1n) is 5.03. The third-order valence-corrected chi connectivity index (χ3v) is 3.54. The summed E-state index contributed by atoms with van der Waals surface area (Å²) in [5.41, 5.74) is 3.13. The SMILES string of the molecule is CCc1csc(Cc2c(C)[nH][nH]c2=O)c1. The Bertz CT molecular complexity index is 507. The van der Waals surface area contributed by atoms with Gasteiger partial charge >= 0.3 is 0 Å². The van der Waals surface area contributed by atoms with E-state index in [0.29, 0.717) is 0 Å². The van der Waals surface area contributed by atoms with Gasteiger partial charge in [0.15, 0.2) is 0 Å². The van der Waals surface area contributed by atoms with Crippen molar-refractivity contribution in [3.8, 4) is 0 Å². The Hall–Kier alpha value is -1.29. The smallest absolute Gasteiger partial charge is 0.267 e. The molecule has 2 aromatic heterocycles. The Morgan fingerprint density at radius 2 is 2.20 bits per heavy atom. The Labute approximate surface area is 92.1 Å². The van der Waals surface area contributed by atoms with Crippen molar-refractivity contribution in [3.05, 3.63) is 43.5 Å². The van der Waals surface area contributed by atoms with E-state index in [9.17, 15) is 4.79 Å². The molecule has 4 heteroatoms. The summed E-state index contributed by atoms with van der Waals surface area (Å²) in [6, 6.07) is 2.18. The zero-order valence-corrected chi connectivity index (χ0v) is 9.70. The first-order chi connectivity index (χ1) is 7.20. The van der Waals surface area contributed by atoms with Crippen molar-refractivity contribution in [1.29, 1.82) is 0 Å². The second kappa shape index (κ2) is 4.06. The van der Waals surface area contributed by atoms with Crippen LogP contribution in [0.5, 0.6) is 0 Å². The number of aryl methyl sites for hydroxylation is 2. The zero-order chi connectivity index (χ0) is 10.8. The molecule has 2 rings (SSSR count). The summed E-state index contributed by atoms with van der Waals surface area (Å²) in [5, 5.41) is 7.61. The quantitative estimate of drug-likeness (QED) is 0.822. The number of aromatic amines is 2. The Kier molecular flexibility index (Phi) is 2.77. The molecule has 2 N–H and O–H groups in total. The second-order valence-corrected chi connectivity index (χ2v) is 4.63. The van der Waals surface area contributed by atoms with Crippen LogP contribution in [0.1, 0.15) is 28.6 Å². The van der Waals surface area contributed by atoms with Crippen molar-refractivity contribution in [2.75, 3.05) is 0 Å². The molecule has 2 heterocycles. The largest absolute Gasteiger partial charge is 0.302 e. The third kappa shape index (κ3) is 2.04. The normalized spacial score (nSPS) is 10.8. The first kappa shape index (κ1) is 10.2. The lowest BCUT2D eigenvalue weighted by molar-refractivity contribution is 1.02. The van der Waals surface area contributed by atoms with Crippen molar-refractivity contribution < 1.29 is 0 Å². The van der Waals surface area contributed by atoms with Crippen LogP contribution in [0.15, 0.2) is 16.2 Å². The van der Waals surface area contributed by atoms with Gasteiger partial charge in [-0.2, -0.15) is 0 Å². The maximum atomic E-state index is 11.4. The van der Waals surface area contributed by atoms with Crippen molar-refractivity contribution in [3.63, 3.8) is 0 Å². The van der Waals surface area contributed by atoms with E-state index in [1.54, 1.807) is 11.3 Å². The number of rotatable bonds is 3. The second-order valence-electron chi connectivity index (χ2n) is 3.63. The molecule has 0 atom stereocenters. The molecule has 0 fully saturated rings. The molecule has 0 aliphatic rings. The molecule has 0 saturated heterocycles. The van der Waals surface area contributed by atoms with E-state index in [4.69, 9.17) is 0 Å². The highest BCUT2D eigenvalue weighted by molar-refractivity contribution is 7.10. The predicted octanol–water partition coefficient (Wildman–Crippen LogP) is 2.23. The van der Waals surface area contributed by atoms with E-state index in [0.717, 1.165) is 24.1 Å². The number of hydrogen-bond donors (Lipinski definition) is 2. The van der Waals surface area contributed by atoms with E-state index < -0.39 is 0 Å². The van der Waals surface area contributed by atoms with Gasteiger partial charge in [-0.15, -0.1) is 11.3 Å². The van der Waals surface area contributed by atoms with Crippen molar-refractivity contribution in [2.24, 2.45) is 0 Å². The maximum Gasteiger partial charge on any atom is 0.267 e. The minimum atomic E-state index is -0.000974. The fourth-order valence-electron chi connectivity index (χ4n) is 1.56. The number of aromatic nitrogens is 2. The molecule has 0 spiro atoms. The summed E-state index contributed by atoms with van der Waals surface area (Å²) in [6.07, 6.45) is 1.79. The van der Waals surface area contributed by atoms with E-state index >= 15 is 0 Å². The summed E-state index contributed by atoms with van der Waals surface area (Å²) in [7, 11) is 0. The highest BCUT2D eigenvalue weighted by Crippen LogP contribution is 2.18. The molecule has 0 amide bonds. The lowest BCUT2D eigenvalue weighted by Gasteiger charge is -1.93. The Morgan fingerprint density at radius 3 is 2.73 bits per heavy atom. The minimum absolute atomic E-state index is 0.000974. The fraction of sp³-hybridized carbons (Fsp3) is 0.364. The number of thiophene rings is 1. The third-order valence-electron chi connectivity index (χ3n) is 2.56. The van der Waals surface area contributed by atoms with Crippen LogP contribution in [-0.4, -0.2) is 10.2 Å². The van der Waals surface area contributed by atoms with E-state index in [-0.39, 0.29) is 5.56 Å². The summed E-state index contributed by atoms with van der Waals surface area (Å²) in [6.45, 7) is 4.06. The monoisotopic (exact) mass is 222 g/mol. The van der Waals surface area contributed by atoms with Crippen LogP contribution >= 0.6 is 11.3 Å². The van der Waals surface area contributed by atoms with Crippen LogP contribution in [0.3, 0.4) is 0 Å². The van der Waals surface area contributed by atoms with Crippen LogP contribution in [0.4, 0.5) is 0 Å². The highest BCUT2D eigenvalue weighted by atomic mass is 32.1. The van der Waals surface area contributed by atoms with Gasteiger partial charge in [0, 0.05) is 22.6 Å². The number of nitrogens with one attached hydrogen (secondary N) is 2. The van der Waals surface area contributed by atoms with Crippen LogP contribution < -0.4 is 5.56 Å². The van der Waals surface area contributed by atoms with Crippen molar-refractivity contribution in [2.45, 2.75) is 26.7 Å². The van der Waals surface area contributed by atoms with Crippen molar-refractivity contribution >= 4 is 11.3 Å². The van der Waals surface area contributed by atoms with Gasteiger partial charge in [-0.1, -0.05) is 6.92 Å². The Morgan fingerprint density at radius 1 is 1.40 bits per heavy atom. The first-order valence-corrected chi connectivity index (χ1v) is 5.91. The predicted molar refractivity (Wildman–Crippen MR) is 62.7 cm³/mol. The van der Waals surface area contributed by atoms with E-state index in [2.05, 4.69) is 28.6 Å². The van der Waals surface area contributed by atoms with Gasteiger partial charge in [-0.3, -0.25) is 9.89 Å². The van der Waals surface area contributed by atoms with Crippen LogP contribution in [0.25, 0.3) is 0 Å². The van der Waals surface area contributed by atoms with Gasteiger partial charge in [-0.25, -0.2) is 0 Å². The lowest BCUT2D eigenvalue weighted by Crippen LogP contribution is -2.06.